The van der Waals surface area contributed by atoms with Gasteiger partial charge in [0.05, 0.1) is 11.2 Å². The van der Waals surface area contributed by atoms with Crippen molar-refractivity contribution in [3.63, 3.8) is 0 Å². The second kappa shape index (κ2) is 2.90. The van der Waals surface area contributed by atoms with Gasteiger partial charge >= 0.3 is 0 Å². The van der Waals surface area contributed by atoms with Crippen molar-refractivity contribution in [2.75, 3.05) is 0 Å². The highest BCUT2D eigenvalue weighted by Crippen LogP contribution is 2.27. The van der Waals surface area contributed by atoms with Crippen LogP contribution in [0.3, 0.4) is 0 Å². The van der Waals surface area contributed by atoms with Gasteiger partial charge in [-0.25, -0.2) is 0 Å². The van der Waals surface area contributed by atoms with Crippen molar-refractivity contribution in [1.29, 1.82) is 0 Å². The third-order valence-corrected chi connectivity index (χ3v) is 1.88. The van der Waals surface area contributed by atoms with Gasteiger partial charge in [-0.2, -0.15) is 0 Å². The van der Waals surface area contributed by atoms with Crippen LogP contribution in [0.5, 0.6) is 5.75 Å². The molecule has 0 amide bonds. The molecule has 0 N–H and O–H groups in total. The molecule has 13 heavy (non-hydrogen) atoms. The molecule has 1 aromatic carbocycles. The largest absolute Gasteiger partial charge is 0.465 e. The van der Waals surface area contributed by atoms with Crippen LogP contribution in [0, 0.1) is 10.1 Å². The summed E-state index contributed by atoms with van der Waals surface area (Å²) in [7, 11) is 0. The summed E-state index contributed by atoms with van der Waals surface area (Å²) in [6, 6.07) is 4.60. The molecular weight excluding hydrogens is 170 g/mol. The van der Waals surface area contributed by atoms with Gasteiger partial charge in [0.15, 0.2) is 0 Å². The second-order valence-electron chi connectivity index (χ2n) is 2.74. The molecular formula is C9H7NO3. The van der Waals surface area contributed by atoms with Crippen molar-refractivity contribution in [2.45, 2.75) is 6.42 Å². The van der Waals surface area contributed by atoms with Crippen LogP contribution < -0.4 is 4.74 Å². The standard InChI is InChI=1S/C9H7NO3/c11-10(12)8-3-4-9-7(6-8)2-1-5-13-9/h1,3-6H,2H2. The van der Waals surface area contributed by atoms with E-state index in [0.717, 1.165) is 5.56 Å². The van der Waals surface area contributed by atoms with Gasteiger partial charge in [-0.05, 0) is 18.6 Å². The molecule has 66 valence electrons. The van der Waals surface area contributed by atoms with Crippen LogP contribution >= 0.6 is 0 Å². The van der Waals surface area contributed by atoms with Gasteiger partial charge in [-0.3, -0.25) is 10.1 Å². The van der Waals surface area contributed by atoms with Crippen LogP contribution in [0.1, 0.15) is 5.56 Å². The Hall–Kier alpha value is -1.84. The third kappa shape index (κ3) is 1.38. The van der Waals surface area contributed by atoms with E-state index in [2.05, 4.69) is 0 Å². The van der Waals surface area contributed by atoms with Crippen molar-refractivity contribution in [1.82, 2.24) is 0 Å². The lowest BCUT2D eigenvalue weighted by Gasteiger charge is -2.10. The molecule has 0 atom stereocenters. The Bertz CT molecular complexity index is 384. The predicted molar refractivity (Wildman–Crippen MR) is 46.6 cm³/mol. The lowest BCUT2D eigenvalue weighted by molar-refractivity contribution is -0.384. The summed E-state index contributed by atoms with van der Waals surface area (Å²) >= 11 is 0. The van der Waals surface area contributed by atoms with E-state index in [0.29, 0.717) is 12.2 Å². The van der Waals surface area contributed by atoms with E-state index in [1.165, 1.54) is 6.07 Å². The Morgan fingerprint density at radius 1 is 1.46 bits per heavy atom. The molecule has 0 bridgehead atoms. The molecule has 2 rings (SSSR count). The number of benzene rings is 1. The van der Waals surface area contributed by atoms with Gasteiger partial charge in [0.1, 0.15) is 5.75 Å². The minimum atomic E-state index is -0.404. The van der Waals surface area contributed by atoms with Crippen molar-refractivity contribution >= 4 is 5.69 Å². The Morgan fingerprint density at radius 3 is 3.08 bits per heavy atom. The zero-order valence-electron chi connectivity index (χ0n) is 6.77. The van der Waals surface area contributed by atoms with Gasteiger partial charge in [-0.15, -0.1) is 0 Å². The molecule has 0 fully saturated rings. The van der Waals surface area contributed by atoms with Crippen LogP contribution in [-0.4, -0.2) is 4.92 Å². The summed E-state index contributed by atoms with van der Waals surface area (Å²) in [5, 5.41) is 10.4. The zero-order chi connectivity index (χ0) is 9.26. The number of nitro groups is 1. The van der Waals surface area contributed by atoms with Gasteiger partial charge in [-0.1, -0.05) is 0 Å². The van der Waals surface area contributed by atoms with E-state index >= 15 is 0 Å². The Labute approximate surface area is 74.6 Å². The minimum Gasteiger partial charge on any atom is -0.465 e. The molecule has 0 saturated carbocycles. The highest BCUT2D eigenvalue weighted by atomic mass is 16.6. The second-order valence-corrected chi connectivity index (χ2v) is 2.74. The maximum Gasteiger partial charge on any atom is 0.269 e. The van der Waals surface area contributed by atoms with Crippen molar-refractivity contribution in [2.24, 2.45) is 0 Å². The Balaban J connectivity index is 2.44. The highest BCUT2D eigenvalue weighted by Gasteiger charge is 2.12. The molecule has 1 aromatic rings. The summed E-state index contributed by atoms with van der Waals surface area (Å²) in [5.74, 6) is 0.702. The zero-order valence-corrected chi connectivity index (χ0v) is 6.77. The molecule has 4 heteroatoms. The quantitative estimate of drug-likeness (QED) is 0.487. The van der Waals surface area contributed by atoms with E-state index in [4.69, 9.17) is 4.74 Å². The van der Waals surface area contributed by atoms with E-state index in [-0.39, 0.29) is 5.69 Å². The lowest BCUT2D eigenvalue weighted by atomic mass is 10.1. The first-order valence-corrected chi connectivity index (χ1v) is 3.86. The molecule has 0 aromatic heterocycles. The first-order chi connectivity index (χ1) is 6.27. The fourth-order valence-corrected chi connectivity index (χ4v) is 1.25. The van der Waals surface area contributed by atoms with E-state index in [1.807, 2.05) is 6.08 Å². The smallest absolute Gasteiger partial charge is 0.269 e. The number of nitro benzene ring substituents is 1. The molecule has 4 nitrogen and oxygen atoms in total. The highest BCUT2D eigenvalue weighted by molar-refractivity contribution is 5.46. The Morgan fingerprint density at radius 2 is 2.31 bits per heavy atom. The molecule has 0 radical (unpaired) electrons. The number of hydrogen-bond donors (Lipinski definition) is 0. The molecule has 1 heterocycles. The lowest BCUT2D eigenvalue weighted by Crippen LogP contribution is -1.97. The number of nitrogens with zero attached hydrogens (tertiary/aromatic N) is 1. The van der Waals surface area contributed by atoms with E-state index in [9.17, 15) is 10.1 Å². The van der Waals surface area contributed by atoms with Gasteiger partial charge in [0.2, 0.25) is 0 Å². The SMILES string of the molecule is O=[N+]([O-])c1ccc2c(c1)CC=CO2. The van der Waals surface area contributed by atoms with Crippen LogP contribution in [-0.2, 0) is 6.42 Å². The predicted octanol–water partition coefficient (Wildman–Crippen LogP) is 2.04. The van der Waals surface area contributed by atoms with Crippen molar-refractivity contribution in [3.8, 4) is 5.75 Å². The van der Waals surface area contributed by atoms with Crippen LogP contribution in [0.2, 0.25) is 0 Å². The molecule has 0 spiro atoms. The number of allylic oxidation sites excluding steroid dienone is 1. The molecule has 1 aliphatic rings. The molecule has 1 aliphatic heterocycles. The average molecular weight is 177 g/mol. The summed E-state index contributed by atoms with van der Waals surface area (Å²) in [4.78, 5) is 10.0. The van der Waals surface area contributed by atoms with E-state index < -0.39 is 4.92 Å². The topological polar surface area (TPSA) is 52.4 Å². The van der Waals surface area contributed by atoms with Crippen LogP contribution in [0.25, 0.3) is 0 Å². The van der Waals surface area contributed by atoms with Gasteiger partial charge < -0.3 is 4.74 Å². The maximum absolute atomic E-state index is 10.4. The first kappa shape index (κ1) is 7.79. The average Bonchev–Trinajstić information content (AvgIpc) is 2.17. The first-order valence-electron chi connectivity index (χ1n) is 3.86. The van der Waals surface area contributed by atoms with Gasteiger partial charge in [0.25, 0.3) is 5.69 Å². The summed E-state index contributed by atoms with van der Waals surface area (Å²) < 4.78 is 5.16. The van der Waals surface area contributed by atoms with Crippen LogP contribution in [0.4, 0.5) is 5.69 Å². The van der Waals surface area contributed by atoms with Crippen molar-refractivity contribution < 1.29 is 9.66 Å². The number of ether oxygens (including phenoxy) is 1. The fourth-order valence-electron chi connectivity index (χ4n) is 1.25. The minimum absolute atomic E-state index is 0.109. The number of hydrogen-bond acceptors (Lipinski definition) is 3. The van der Waals surface area contributed by atoms with Crippen molar-refractivity contribution in [3.05, 3.63) is 46.2 Å². The summed E-state index contributed by atoms with van der Waals surface area (Å²) in [6.45, 7) is 0. The van der Waals surface area contributed by atoms with Gasteiger partial charge in [0, 0.05) is 17.7 Å². The Kier molecular flexibility index (Phi) is 1.73. The number of fused-ring (bicyclic) bond motifs is 1. The third-order valence-electron chi connectivity index (χ3n) is 1.88. The summed E-state index contributed by atoms with van der Waals surface area (Å²) in [5.41, 5.74) is 0.967. The molecule has 0 unspecified atom stereocenters. The number of rotatable bonds is 1. The fraction of sp³-hybridized carbons (Fsp3) is 0.111. The molecule has 0 saturated heterocycles. The van der Waals surface area contributed by atoms with Crippen LogP contribution in [0.15, 0.2) is 30.5 Å². The summed E-state index contributed by atoms with van der Waals surface area (Å²) in [6.07, 6.45) is 4.11. The maximum atomic E-state index is 10.4. The number of non-ortho nitro benzene ring substituents is 1. The molecule has 0 aliphatic carbocycles. The normalized spacial score (nSPS) is 13.2. The van der Waals surface area contributed by atoms with E-state index in [1.54, 1.807) is 18.4 Å². The monoisotopic (exact) mass is 177 g/mol.